The van der Waals surface area contributed by atoms with Crippen LogP contribution in [0.3, 0.4) is 0 Å². The Kier molecular flexibility index (Phi) is 5.31. The minimum absolute atomic E-state index is 0. The van der Waals surface area contributed by atoms with Gasteiger partial charge in [-0.1, -0.05) is 0 Å². The molecule has 0 atom stereocenters. The van der Waals surface area contributed by atoms with Gasteiger partial charge in [-0.25, -0.2) is 0 Å². The molecule has 10 heavy (non-hydrogen) atoms. The van der Waals surface area contributed by atoms with E-state index >= 15 is 0 Å². The summed E-state index contributed by atoms with van der Waals surface area (Å²) >= 11 is 1.05. The fourth-order valence-electron chi connectivity index (χ4n) is 0.624. The Morgan fingerprint density at radius 3 is 2.20 bits per heavy atom. The zero-order valence-corrected chi connectivity index (χ0v) is 9.29. The van der Waals surface area contributed by atoms with E-state index in [-0.39, 0.29) is 12.4 Å². The Bertz CT molecular complexity index is 232. The molecule has 0 saturated carbocycles. The maximum absolute atomic E-state index is 3.01. The van der Waals surface area contributed by atoms with E-state index in [0.29, 0.717) is 0 Å². The van der Waals surface area contributed by atoms with Gasteiger partial charge in [-0.05, 0) is 0 Å². The number of hydrogen-bond donors (Lipinski definition) is 0. The maximum atomic E-state index is 3.01. The molecule has 0 N–H and O–H groups in total. The number of benzene rings is 1. The third kappa shape index (κ3) is 3.01. The van der Waals surface area contributed by atoms with Gasteiger partial charge in [0.15, 0.2) is 0 Å². The van der Waals surface area contributed by atoms with E-state index < -0.39 is 0 Å². The zero-order valence-electron chi connectivity index (χ0n) is 5.50. The Hall–Kier alpha value is -0.307. The van der Waals surface area contributed by atoms with Crippen molar-refractivity contribution in [1.29, 1.82) is 0 Å². The van der Waals surface area contributed by atoms with E-state index in [2.05, 4.69) is 10.4 Å². The number of hydrogen-bond acceptors (Lipinski definition) is 0. The first kappa shape index (κ1) is 9.69. The molecule has 0 heterocycles. The molecule has 1 aromatic carbocycles. The van der Waals surface area contributed by atoms with Crippen LogP contribution in [0.15, 0.2) is 30.3 Å². The molecule has 0 fully saturated rings. The van der Waals surface area contributed by atoms with Gasteiger partial charge in [-0.15, -0.1) is 12.4 Å². The molecule has 0 radical (unpaired) electrons. The molecule has 0 aliphatic carbocycles. The van der Waals surface area contributed by atoms with Crippen LogP contribution in [0, 0.1) is 10.4 Å². The van der Waals surface area contributed by atoms with Crippen molar-refractivity contribution in [2.45, 2.75) is 0 Å². The average Bonchev–Trinajstić information content (AvgIpc) is 1.91. The first-order valence-electron chi connectivity index (χ1n) is 2.76. The van der Waals surface area contributed by atoms with Gasteiger partial charge in [0.05, 0.1) is 0 Å². The molecule has 0 aromatic heterocycles. The number of rotatable bonds is 0. The fourth-order valence-corrected chi connectivity index (χ4v) is 1.05. The van der Waals surface area contributed by atoms with E-state index in [4.69, 9.17) is 0 Å². The molecule has 0 unspecified atom stereocenters. The molecule has 1 rings (SSSR count). The molecular formula is C8H6ClZn. The normalized spacial score (nSPS) is 7.00. The molecule has 1 aromatic rings. The van der Waals surface area contributed by atoms with Crippen molar-refractivity contribution < 1.29 is 18.3 Å². The molecule has 47 valence electrons. The quantitative estimate of drug-likeness (QED) is 0.446. The summed E-state index contributed by atoms with van der Waals surface area (Å²) in [4.78, 5) is 0. The molecule has 0 spiro atoms. The standard InChI is InChI=1S/C8H5.ClH.Zn/c1-2-8-6-4-3-5-7-8;;/h3-7H;1H;. The van der Waals surface area contributed by atoms with Crippen LogP contribution in [0.5, 0.6) is 0 Å². The second-order valence-electron chi connectivity index (χ2n) is 1.67. The summed E-state index contributed by atoms with van der Waals surface area (Å²) in [5.74, 6) is 3.01. The predicted octanol–water partition coefficient (Wildman–Crippen LogP) is 1.96. The van der Waals surface area contributed by atoms with Gasteiger partial charge in [0.1, 0.15) is 0 Å². The molecule has 0 bridgehead atoms. The van der Waals surface area contributed by atoms with Gasteiger partial charge in [-0.3, -0.25) is 0 Å². The van der Waals surface area contributed by atoms with Crippen molar-refractivity contribution in [2.24, 2.45) is 0 Å². The molecule has 0 aliphatic rings. The Morgan fingerprint density at radius 1 is 1.10 bits per heavy atom. The first-order valence-corrected chi connectivity index (χ1v) is 4.25. The van der Waals surface area contributed by atoms with Crippen molar-refractivity contribution in [3.8, 4) is 10.4 Å². The van der Waals surface area contributed by atoms with E-state index in [9.17, 15) is 0 Å². The summed E-state index contributed by atoms with van der Waals surface area (Å²) in [6, 6.07) is 10.0. The van der Waals surface area contributed by atoms with E-state index in [0.717, 1.165) is 23.9 Å². The molecule has 0 aliphatic heterocycles. The van der Waals surface area contributed by atoms with Gasteiger partial charge in [-0.2, -0.15) is 0 Å². The summed E-state index contributed by atoms with van der Waals surface area (Å²) in [5, 5.41) is 0. The SMILES string of the molecule is Cl.[Zn][C]#Cc1ccccc1. The zero-order chi connectivity index (χ0) is 6.53. The summed E-state index contributed by atoms with van der Waals surface area (Å²) in [7, 11) is 0. The van der Waals surface area contributed by atoms with Crippen molar-refractivity contribution in [2.75, 3.05) is 0 Å². The summed E-state index contributed by atoms with van der Waals surface area (Å²) in [5.41, 5.74) is 1.11. The summed E-state index contributed by atoms with van der Waals surface area (Å²) in [6.45, 7) is 0. The van der Waals surface area contributed by atoms with Gasteiger partial charge in [0.25, 0.3) is 0 Å². The second kappa shape index (κ2) is 5.48. The average molecular weight is 203 g/mol. The Labute approximate surface area is 77.1 Å². The van der Waals surface area contributed by atoms with Gasteiger partial charge in [0.2, 0.25) is 0 Å². The van der Waals surface area contributed by atoms with Crippen LogP contribution in [0.25, 0.3) is 0 Å². The van der Waals surface area contributed by atoms with Crippen LogP contribution in [0.1, 0.15) is 5.56 Å². The first-order chi connectivity index (χ1) is 4.43. The third-order valence-electron chi connectivity index (χ3n) is 1.01. The minimum atomic E-state index is 0. The Morgan fingerprint density at radius 2 is 1.70 bits per heavy atom. The monoisotopic (exact) mass is 201 g/mol. The van der Waals surface area contributed by atoms with Crippen LogP contribution in [-0.2, 0) is 18.3 Å². The van der Waals surface area contributed by atoms with Crippen molar-refractivity contribution in [1.82, 2.24) is 0 Å². The van der Waals surface area contributed by atoms with Crippen molar-refractivity contribution >= 4 is 12.4 Å². The van der Waals surface area contributed by atoms with Crippen LogP contribution in [0.2, 0.25) is 0 Å². The predicted molar refractivity (Wildman–Crippen MR) is 40.6 cm³/mol. The van der Waals surface area contributed by atoms with E-state index in [1.807, 2.05) is 30.3 Å². The van der Waals surface area contributed by atoms with Crippen LogP contribution >= 0.6 is 12.4 Å². The second-order valence-corrected chi connectivity index (χ2v) is 2.41. The molecule has 2 heteroatoms. The van der Waals surface area contributed by atoms with Gasteiger partial charge >= 0.3 is 64.6 Å². The molecule has 0 saturated heterocycles. The van der Waals surface area contributed by atoms with E-state index in [1.165, 1.54) is 0 Å². The fraction of sp³-hybridized carbons (Fsp3) is 0. The van der Waals surface area contributed by atoms with Gasteiger partial charge < -0.3 is 0 Å². The van der Waals surface area contributed by atoms with Crippen molar-refractivity contribution in [3.05, 3.63) is 35.9 Å². The Balaban J connectivity index is 0.000000810. The molecular weight excluding hydrogens is 197 g/mol. The van der Waals surface area contributed by atoms with Gasteiger partial charge in [0, 0.05) is 0 Å². The number of halogens is 1. The summed E-state index contributed by atoms with van der Waals surface area (Å²) in [6.07, 6.45) is 0. The topological polar surface area (TPSA) is 0 Å². The third-order valence-corrected chi connectivity index (χ3v) is 1.38. The van der Waals surface area contributed by atoms with E-state index in [1.54, 1.807) is 0 Å². The van der Waals surface area contributed by atoms with Crippen LogP contribution in [-0.4, -0.2) is 0 Å². The van der Waals surface area contributed by atoms with Crippen molar-refractivity contribution in [3.63, 3.8) is 0 Å². The van der Waals surface area contributed by atoms with Crippen LogP contribution in [0.4, 0.5) is 0 Å². The molecule has 0 nitrogen and oxygen atoms in total. The van der Waals surface area contributed by atoms with Crippen LogP contribution < -0.4 is 0 Å². The summed E-state index contributed by atoms with van der Waals surface area (Å²) < 4.78 is 2.96. The molecule has 0 amide bonds.